The van der Waals surface area contributed by atoms with Crippen molar-refractivity contribution in [1.29, 1.82) is 0 Å². The molecule has 1 aromatic carbocycles. The Kier molecular flexibility index (Phi) is 3.09. The summed E-state index contributed by atoms with van der Waals surface area (Å²) in [4.78, 5) is 11.2. The first-order valence-electron chi connectivity index (χ1n) is 5.65. The lowest BCUT2D eigenvalue weighted by molar-refractivity contribution is -0.114. The fraction of sp³-hybridized carbons (Fsp3) is 0.357. The molecular formula is C14H16O2. The minimum atomic E-state index is 0.175. The van der Waals surface area contributed by atoms with Crippen LogP contribution in [0.1, 0.15) is 32.3 Å². The van der Waals surface area contributed by atoms with Crippen LogP contribution < -0.4 is 4.74 Å². The maximum Gasteiger partial charge on any atom is 0.156 e. The Morgan fingerprint density at radius 2 is 2.06 bits per heavy atom. The fourth-order valence-corrected chi connectivity index (χ4v) is 1.87. The molecular weight excluding hydrogens is 200 g/mol. The molecule has 1 aliphatic rings. The van der Waals surface area contributed by atoms with Crippen LogP contribution >= 0.6 is 0 Å². The molecule has 16 heavy (non-hydrogen) atoms. The molecule has 1 aromatic rings. The number of ketones is 1. The lowest BCUT2D eigenvalue weighted by Gasteiger charge is -2.11. The molecule has 2 nitrogen and oxygen atoms in total. The van der Waals surface area contributed by atoms with E-state index in [2.05, 4.69) is 0 Å². The van der Waals surface area contributed by atoms with Crippen LogP contribution in [0.3, 0.4) is 0 Å². The van der Waals surface area contributed by atoms with E-state index in [4.69, 9.17) is 4.74 Å². The minimum absolute atomic E-state index is 0.175. The molecule has 1 aliphatic carbocycles. The molecule has 2 heteroatoms. The summed E-state index contributed by atoms with van der Waals surface area (Å²) in [5.74, 6) is 1.10. The van der Waals surface area contributed by atoms with Gasteiger partial charge in [-0.3, -0.25) is 4.79 Å². The minimum Gasteiger partial charge on any atom is -0.491 e. The normalized spacial score (nSPS) is 15.4. The van der Waals surface area contributed by atoms with Gasteiger partial charge in [0.2, 0.25) is 0 Å². The van der Waals surface area contributed by atoms with Crippen LogP contribution in [-0.2, 0) is 4.79 Å². The maximum atomic E-state index is 11.2. The van der Waals surface area contributed by atoms with Crippen LogP contribution in [0.2, 0.25) is 0 Å². The SMILES string of the molecule is CC(C)Oc1cccc(C2=CC(=O)CC2)c1. The largest absolute Gasteiger partial charge is 0.491 e. The predicted octanol–water partition coefficient (Wildman–Crippen LogP) is 3.22. The second-order valence-electron chi connectivity index (χ2n) is 4.33. The first-order valence-corrected chi connectivity index (χ1v) is 5.65. The zero-order valence-corrected chi connectivity index (χ0v) is 9.69. The van der Waals surface area contributed by atoms with Gasteiger partial charge in [-0.05, 0) is 49.6 Å². The number of rotatable bonds is 3. The summed E-state index contributed by atoms with van der Waals surface area (Å²) in [7, 11) is 0. The van der Waals surface area contributed by atoms with E-state index < -0.39 is 0 Å². The van der Waals surface area contributed by atoms with E-state index in [1.165, 1.54) is 0 Å². The summed E-state index contributed by atoms with van der Waals surface area (Å²) in [6, 6.07) is 7.94. The Labute approximate surface area is 95.9 Å². The zero-order valence-electron chi connectivity index (χ0n) is 9.69. The van der Waals surface area contributed by atoms with Gasteiger partial charge in [-0.25, -0.2) is 0 Å². The van der Waals surface area contributed by atoms with E-state index in [0.717, 1.165) is 23.3 Å². The molecule has 0 unspecified atom stereocenters. The Balaban J connectivity index is 2.22. The quantitative estimate of drug-likeness (QED) is 0.775. The summed E-state index contributed by atoms with van der Waals surface area (Å²) in [5.41, 5.74) is 2.23. The van der Waals surface area contributed by atoms with E-state index in [1.54, 1.807) is 6.08 Å². The molecule has 0 atom stereocenters. The average molecular weight is 216 g/mol. The van der Waals surface area contributed by atoms with Crippen molar-refractivity contribution in [3.05, 3.63) is 35.9 Å². The van der Waals surface area contributed by atoms with Crippen molar-refractivity contribution in [2.75, 3.05) is 0 Å². The molecule has 0 N–H and O–H groups in total. The third-order valence-electron chi connectivity index (χ3n) is 2.55. The number of ether oxygens (including phenoxy) is 1. The molecule has 0 aromatic heterocycles. The van der Waals surface area contributed by atoms with Gasteiger partial charge in [0.15, 0.2) is 5.78 Å². The highest BCUT2D eigenvalue weighted by Gasteiger charge is 2.13. The Morgan fingerprint density at radius 3 is 2.69 bits per heavy atom. The summed E-state index contributed by atoms with van der Waals surface area (Å²) in [6.07, 6.45) is 3.41. The topological polar surface area (TPSA) is 26.3 Å². The summed E-state index contributed by atoms with van der Waals surface area (Å²) in [6.45, 7) is 4.01. The number of carbonyl (C=O) groups is 1. The first kappa shape index (κ1) is 10.9. The molecule has 0 heterocycles. The average Bonchev–Trinajstić information content (AvgIpc) is 2.64. The van der Waals surface area contributed by atoms with Crippen LogP contribution in [0, 0.1) is 0 Å². The Bertz CT molecular complexity index is 430. The van der Waals surface area contributed by atoms with Crippen LogP contribution in [0.5, 0.6) is 5.75 Å². The monoisotopic (exact) mass is 216 g/mol. The fourth-order valence-electron chi connectivity index (χ4n) is 1.87. The van der Waals surface area contributed by atoms with Gasteiger partial charge in [-0.2, -0.15) is 0 Å². The molecule has 0 bridgehead atoms. The third-order valence-corrected chi connectivity index (χ3v) is 2.55. The first-order chi connectivity index (χ1) is 7.65. The highest BCUT2D eigenvalue weighted by Crippen LogP contribution is 2.28. The van der Waals surface area contributed by atoms with Crippen molar-refractivity contribution in [3.63, 3.8) is 0 Å². The number of hydrogen-bond donors (Lipinski definition) is 0. The van der Waals surface area contributed by atoms with E-state index in [-0.39, 0.29) is 11.9 Å². The van der Waals surface area contributed by atoms with Gasteiger partial charge in [0, 0.05) is 6.42 Å². The van der Waals surface area contributed by atoms with Gasteiger partial charge in [-0.15, -0.1) is 0 Å². The van der Waals surface area contributed by atoms with Gasteiger partial charge < -0.3 is 4.74 Å². The van der Waals surface area contributed by atoms with Gasteiger partial charge in [0.05, 0.1) is 6.10 Å². The summed E-state index contributed by atoms with van der Waals surface area (Å²) >= 11 is 0. The van der Waals surface area contributed by atoms with E-state index in [1.807, 2.05) is 38.1 Å². The molecule has 0 saturated carbocycles. The maximum absolute atomic E-state index is 11.2. The van der Waals surface area contributed by atoms with E-state index >= 15 is 0 Å². The van der Waals surface area contributed by atoms with Crippen LogP contribution in [-0.4, -0.2) is 11.9 Å². The second kappa shape index (κ2) is 4.52. The molecule has 0 radical (unpaired) electrons. The smallest absolute Gasteiger partial charge is 0.156 e. The van der Waals surface area contributed by atoms with Crippen LogP contribution in [0.15, 0.2) is 30.3 Å². The molecule has 84 valence electrons. The van der Waals surface area contributed by atoms with Crippen molar-refractivity contribution in [2.45, 2.75) is 32.8 Å². The summed E-state index contributed by atoms with van der Waals surface area (Å²) in [5, 5.41) is 0. The van der Waals surface area contributed by atoms with Gasteiger partial charge in [0.25, 0.3) is 0 Å². The molecule has 0 saturated heterocycles. The van der Waals surface area contributed by atoms with E-state index in [9.17, 15) is 4.79 Å². The highest BCUT2D eigenvalue weighted by atomic mass is 16.5. The second-order valence-corrected chi connectivity index (χ2v) is 4.33. The lowest BCUT2D eigenvalue weighted by Crippen LogP contribution is -2.05. The zero-order chi connectivity index (χ0) is 11.5. The standard InChI is InChI=1S/C14H16O2/c1-10(2)16-14-5-3-4-11(9-14)12-6-7-13(15)8-12/h3-5,8-10H,6-7H2,1-2H3. The predicted molar refractivity (Wildman–Crippen MR) is 64.4 cm³/mol. The molecule has 0 spiro atoms. The Morgan fingerprint density at radius 1 is 1.25 bits per heavy atom. The van der Waals surface area contributed by atoms with Crippen molar-refractivity contribution in [3.8, 4) is 5.75 Å². The highest BCUT2D eigenvalue weighted by molar-refractivity contribution is 6.01. The summed E-state index contributed by atoms with van der Waals surface area (Å²) < 4.78 is 5.63. The molecule has 0 aliphatic heterocycles. The van der Waals surface area contributed by atoms with Crippen molar-refractivity contribution >= 4 is 11.4 Å². The van der Waals surface area contributed by atoms with Crippen LogP contribution in [0.25, 0.3) is 5.57 Å². The number of benzene rings is 1. The number of carbonyl (C=O) groups excluding carboxylic acids is 1. The number of hydrogen-bond acceptors (Lipinski definition) is 2. The third kappa shape index (κ3) is 2.51. The van der Waals surface area contributed by atoms with Crippen molar-refractivity contribution in [1.82, 2.24) is 0 Å². The van der Waals surface area contributed by atoms with Gasteiger partial charge in [-0.1, -0.05) is 12.1 Å². The Hall–Kier alpha value is -1.57. The molecule has 2 rings (SSSR count). The lowest BCUT2D eigenvalue weighted by atomic mass is 10.1. The molecule has 0 amide bonds. The van der Waals surface area contributed by atoms with Crippen molar-refractivity contribution < 1.29 is 9.53 Å². The molecule has 0 fully saturated rings. The van der Waals surface area contributed by atoms with Crippen LogP contribution in [0.4, 0.5) is 0 Å². The number of allylic oxidation sites excluding steroid dienone is 2. The van der Waals surface area contributed by atoms with Gasteiger partial charge in [0.1, 0.15) is 5.75 Å². The van der Waals surface area contributed by atoms with Gasteiger partial charge >= 0.3 is 0 Å². The van der Waals surface area contributed by atoms with Crippen molar-refractivity contribution in [2.24, 2.45) is 0 Å². The van der Waals surface area contributed by atoms with E-state index in [0.29, 0.717) is 6.42 Å².